The number of carbonyl (C=O) groups excluding carboxylic acids is 1. The highest BCUT2D eigenvalue weighted by Crippen LogP contribution is 2.31. The number of rotatable bonds is 3. The minimum atomic E-state index is 0.0532. The van der Waals surface area contributed by atoms with Gasteiger partial charge in [0, 0.05) is 37.5 Å². The molecule has 5 heteroatoms. The molecule has 22 heavy (non-hydrogen) atoms. The van der Waals surface area contributed by atoms with Crippen LogP contribution in [0, 0.1) is 11.8 Å². The van der Waals surface area contributed by atoms with E-state index >= 15 is 0 Å². The van der Waals surface area contributed by atoms with Crippen LogP contribution in [-0.2, 0) is 9.53 Å². The number of aromatic nitrogens is 2. The number of hydrogen-bond donors (Lipinski definition) is 1. The van der Waals surface area contributed by atoms with Crippen molar-refractivity contribution < 1.29 is 9.53 Å². The van der Waals surface area contributed by atoms with Crippen molar-refractivity contribution in [3.63, 3.8) is 0 Å². The van der Waals surface area contributed by atoms with E-state index in [1.165, 1.54) is 5.69 Å². The standard InChI is InChI=1S/C17H27N3O2/c1-12(2)16-14(4-3-11-22-16)17(21)20-9-6-13(7-10-20)15-5-8-18-19-15/h5,8,12-14,16H,3-4,6-7,9-11H2,1-2H3,(H,18,19)/t14-,16-/m1/s1. The molecule has 1 N–H and O–H groups in total. The monoisotopic (exact) mass is 305 g/mol. The van der Waals surface area contributed by atoms with Gasteiger partial charge in [-0.15, -0.1) is 0 Å². The highest BCUT2D eigenvalue weighted by molar-refractivity contribution is 5.79. The topological polar surface area (TPSA) is 58.2 Å². The third-order valence-corrected chi connectivity index (χ3v) is 5.11. The Hall–Kier alpha value is -1.36. The summed E-state index contributed by atoms with van der Waals surface area (Å²) >= 11 is 0. The Morgan fingerprint density at radius 1 is 1.36 bits per heavy atom. The molecule has 3 heterocycles. The van der Waals surface area contributed by atoms with E-state index in [9.17, 15) is 4.79 Å². The number of nitrogens with one attached hydrogen (secondary N) is 1. The summed E-state index contributed by atoms with van der Waals surface area (Å²) < 4.78 is 5.88. The van der Waals surface area contributed by atoms with Gasteiger partial charge in [-0.3, -0.25) is 9.89 Å². The SMILES string of the molecule is CC(C)[C@H]1OCCC[C@H]1C(=O)N1CCC(c2ccn[nH]2)CC1. The lowest BCUT2D eigenvalue weighted by Gasteiger charge is -2.39. The molecule has 1 aromatic rings. The number of amides is 1. The maximum absolute atomic E-state index is 12.9. The molecule has 2 atom stereocenters. The molecule has 2 aliphatic rings. The van der Waals surface area contributed by atoms with Crippen molar-refractivity contribution in [3.8, 4) is 0 Å². The Labute approximate surface area is 132 Å². The third-order valence-electron chi connectivity index (χ3n) is 5.11. The fourth-order valence-electron chi connectivity index (χ4n) is 3.86. The lowest BCUT2D eigenvalue weighted by molar-refractivity contribution is -0.148. The van der Waals surface area contributed by atoms with Gasteiger partial charge in [-0.25, -0.2) is 0 Å². The first-order valence-corrected chi connectivity index (χ1v) is 8.56. The van der Waals surface area contributed by atoms with E-state index in [2.05, 4.69) is 28.9 Å². The molecule has 0 spiro atoms. The minimum absolute atomic E-state index is 0.0532. The van der Waals surface area contributed by atoms with Gasteiger partial charge in [-0.2, -0.15) is 5.10 Å². The van der Waals surface area contributed by atoms with Crippen LogP contribution in [0.25, 0.3) is 0 Å². The maximum atomic E-state index is 12.9. The van der Waals surface area contributed by atoms with Crippen LogP contribution < -0.4 is 0 Å². The van der Waals surface area contributed by atoms with Crippen molar-refractivity contribution >= 4 is 5.91 Å². The summed E-state index contributed by atoms with van der Waals surface area (Å²) in [6, 6.07) is 2.05. The quantitative estimate of drug-likeness (QED) is 0.933. The summed E-state index contributed by atoms with van der Waals surface area (Å²) in [4.78, 5) is 14.9. The lowest BCUT2D eigenvalue weighted by atomic mass is 9.85. The Bertz CT molecular complexity index is 478. The van der Waals surface area contributed by atoms with E-state index in [0.717, 1.165) is 45.4 Å². The van der Waals surface area contributed by atoms with Crippen LogP contribution in [0.2, 0.25) is 0 Å². The number of carbonyl (C=O) groups is 1. The number of nitrogens with zero attached hydrogens (tertiary/aromatic N) is 2. The largest absolute Gasteiger partial charge is 0.377 e. The zero-order valence-corrected chi connectivity index (χ0v) is 13.6. The van der Waals surface area contributed by atoms with Gasteiger partial charge < -0.3 is 9.64 Å². The van der Waals surface area contributed by atoms with Crippen molar-refractivity contribution in [1.29, 1.82) is 0 Å². The zero-order chi connectivity index (χ0) is 15.5. The first-order chi connectivity index (χ1) is 10.7. The average Bonchev–Trinajstić information content (AvgIpc) is 3.09. The van der Waals surface area contributed by atoms with Crippen molar-refractivity contribution in [2.24, 2.45) is 11.8 Å². The van der Waals surface area contributed by atoms with Crippen molar-refractivity contribution in [1.82, 2.24) is 15.1 Å². The minimum Gasteiger partial charge on any atom is -0.377 e. The van der Waals surface area contributed by atoms with Crippen molar-refractivity contribution in [2.45, 2.75) is 51.6 Å². The van der Waals surface area contributed by atoms with Crippen molar-refractivity contribution in [3.05, 3.63) is 18.0 Å². The summed E-state index contributed by atoms with van der Waals surface area (Å²) in [5.74, 6) is 1.27. The van der Waals surface area contributed by atoms with E-state index < -0.39 is 0 Å². The first-order valence-electron chi connectivity index (χ1n) is 8.56. The summed E-state index contributed by atoms with van der Waals surface area (Å²) in [6.45, 7) is 6.81. The van der Waals surface area contributed by atoms with Gasteiger partial charge in [0.25, 0.3) is 0 Å². The van der Waals surface area contributed by atoms with Gasteiger partial charge >= 0.3 is 0 Å². The van der Waals surface area contributed by atoms with E-state index in [1.807, 2.05) is 6.07 Å². The van der Waals surface area contributed by atoms with E-state index in [-0.39, 0.29) is 12.0 Å². The highest BCUT2D eigenvalue weighted by atomic mass is 16.5. The van der Waals surface area contributed by atoms with Crippen LogP contribution in [-0.4, -0.2) is 46.8 Å². The van der Waals surface area contributed by atoms with Gasteiger partial charge in [-0.1, -0.05) is 13.8 Å². The molecule has 0 aromatic carbocycles. The smallest absolute Gasteiger partial charge is 0.228 e. The fraction of sp³-hybridized carbons (Fsp3) is 0.765. The van der Waals surface area contributed by atoms with E-state index in [0.29, 0.717) is 17.7 Å². The third kappa shape index (κ3) is 3.19. The van der Waals surface area contributed by atoms with Crippen LogP contribution in [0.4, 0.5) is 0 Å². The molecule has 0 saturated carbocycles. The molecule has 2 aliphatic heterocycles. The number of ether oxygens (including phenoxy) is 1. The summed E-state index contributed by atoms with van der Waals surface area (Å²) in [5, 5.41) is 7.10. The molecular weight excluding hydrogens is 278 g/mol. The van der Waals surface area contributed by atoms with Gasteiger partial charge in [0.15, 0.2) is 0 Å². The predicted molar refractivity (Wildman–Crippen MR) is 84.4 cm³/mol. The van der Waals surface area contributed by atoms with Gasteiger partial charge in [0.05, 0.1) is 12.0 Å². The van der Waals surface area contributed by atoms with E-state index in [4.69, 9.17) is 4.74 Å². The van der Waals surface area contributed by atoms with Crippen LogP contribution in [0.1, 0.15) is 51.1 Å². The summed E-state index contributed by atoms with van der Waals surface area (Å²) in [6.07, 6.45) is 5.92. The van der Waals surface area contributed by atoms with Crippen LogP contribution in [0.5, 0.6) is 0 Å². The summed E-state index contributed by atoms with van der Waals surface area (Å²) in [7, 11) is 0. The molecule has 0 radical (unpaired) electrons. The second-order valence-electron chi connectivity index (χ2n) is 6.94. The predicted octanol–water partition coefficient (Wildman–Crippen LogP) is 2.57. The maximum Gasteiger partial charge on any atom is 0.228 e. The number of hydrogen-bond acceptors (Lipinski definition) is 3. The number of piperidine rings is 1. The normalized spacial score (nSPS) is 27.3. The molecule has 2 fully saturated rings. The number of H-pyrrole nitrogens is 1. The second kappa shape index (κ2) is 6.82. The highest BCUT2D eigenvalue weighted by Gasteiger charge is 2.37. The summed E-state index contributed by atoms with van der Waals surface area (Å²) in [5.41, 5.74) is 1.20. The van der Waals surface area contributed by atoms with Gasteiger partial charge in [0.1, 0.15) is 0 Å². The van der Waals surface area contributed by atoms with Crippen molar-refractivity contribution in [2.75, 3.05) is 19.7 Å². The zero-order valence-electron chi connectivity index (χ0n) is 13.6. The second-order valence-corrected chi connectivity index (χ2v) is 6.94. The Kier molecular flexibility index (Phi) is 4.81. The first kappa shape index (κ1) is 15.5. The lowest BCUT2D eigenvalue weighted by Crippen LogP contribution is -2.48. The number of likely N-dealkylation sites (tertiary alicyclic amines) is 1. The number of aromatic amines is 1. The van der Waals surface area contributed by atoms with E-state index in [1.54, 1.807) is 6.20 Å². The molecule has 122 valence electrons. The fourth-order valence-corrected chi connectivity index (χ4v) is 3.86. The Balaban J connectivity index is 1.59. The molecule has 1 aromatic heterocycles. The molecule has 0 unspecified atom stereocenters. The molecule has 1 amide bonds. The van der Waals surface area contributed by atoms with Crippen LogP contribution in [0.3, 0.4) is 0 Å². The molecular formula is C17H27N3O2. The molecule has 0 aliphatic carbocycles. The van der Waals surface area contributed by atoms with Crippen LogP contribution >= 0.6 is 0 Å². The molecule has 2 saturated heterocycles. The van der Waals surface area contributed by atoms with Crippen LogP contribution in [0.15, 0.2) is 12.3 Å². The average molecular weight is 305 g/mol. The Morgan fingerprint density at radius 3 is 2.77 bits per heavy atom. The molecule has 5 nitrogen and oxygen atoms in total. The van der Waals surface area contributed by atoms with Gasteiger partial charge in [0.2, 0.25) is 5.91 Å². The molecule has 0 bridgehead atoms. The van der Waals surface area contributed by atoms with Gasteiger partial charge in [-0.05, 0) is 37.7 Å². The Morgan fingerprint density at radius 2 is 2.14 bits per heavy atom. The molecule has 3 rings (SSSR count).